The van der Waals surface area contributed by atoms with Gasteiger partial charge in [0.05, 0.1) is 17.4 Å². The van der Waals surface area contributed by atoms with Crippen LogP contribution in [0.25, 0.3) is 0 Å². The number of carbonyl (C=O) groups is 2. The normalized spacial score (nSPS) is 18.6. The molecule has 1 saturated carbocycles. The van der Waals surface area contributed by atoms with Gasteiger partial charge in [-0.05, 0) is 50.2 Å². The van der Waals surface area contributed by atoms with Gasteiger partial charge < -0.3 is 14.6 Å². The van der Waals surface area contributed by atoms with Gasteiger partial charge in [0, 0.05) is 12.1 Å². The van der Waals surface area contributed by atoms with E-state index in [1.165, 1.54) is 6.26 Å². The number of pyridine rings is 1. The number of halogens is 1. The SMILES string of the molecule is Cc1coc(CC(=O)N2CCC[C@H]2C(=O)N[C@@H](c2ccccc2)c2ccc(C3CC3)c(F)n2)n1. The van der Waals surface area contributed by atoms with E-state index < -0.39 is 18.0 Å². The van der Waals surface area contributed by atoms with E-state index in [1.54, 1.807) is 24.0 Å². The second-order valence-corrected chi connectivity index (χ2v) is 9.05. The molecule has 2 fully saturated rings. The Balaban J connectivity index is 1.36. The first-order chi connectivity index (χ1) is 16.5. The number of aryl methyl sites for hydroxylation is 1. The van der Waals surface area contributed by atoms with Gasteiger partial charge in [0.15, 0.2) is 0 Å². The van der Waals surface area contributed by atoms with Crippen LogP contribution in [-0.2, 0) is 16.0 Å². The lowest BCUT2D eigenvalue weighted by atomic mass is 10.0. The lowest BCUT2D eigenvalue weighted by Gasteiger charge is -2.26. The van der Waals surface area contributed by atoms with Crippen molar-refractivity contribution in [3.63, 3.8) is 0 Å². The van der Waals surface area contributed by atoms with Crippen LogP contribution in [0.1, 0.15) is 66.0 Å². The van der Waals surface area contributed by atoms with Gasteiger partial charge in [-0.15, -0.1) is 0 Å². The van der Waals surface area contributed by atoms with E-state index in [4.69, 9.17) is 4.42 Å². The lowest BCUT2D eigenvalue weighted by molar-refractivity contribution is -0.138. The van der Waals surface area contributed by atoms with Crippen LogP contribution in [0.2, 0.25) is 0 Å². The largest absolute Gasteiger partial charge is 0.448 e. The number of oxazole rings is 1. The Kier molecular flexibility index (Phi) is 6.13. The number of hydrogen-bond donors (Lipinski definition) is 1. The fourth-order valence-electron chi connectivity index (χ4n) is 4.58. The summed E-state index contributed by atoms with van der Waals surface area (Å²) in [5, 5.41) is 3.03. The smallest absolute Gasteiger partial charge is 0.243 e. The highest BCUT2D eigenvalue weighted by Gasteiger charge is 2.36. The summed E-state index contributed by atoms with van der Waals surface area (Å²) in [6.07, 6.45) is 4.77. The maximum Gasteiger partial charge on any atom is 0.243 e. The maximum absolute atomic E-state index is 14.7. The van der Waals surface area contributed by atoms with Gasteiger partial charge in [-0.3, -0.25) is 9.59 Å². The fourth-order valence-corrected chi connectivity index (χ4v) is 4.58. The molecule has 1 N–H and O–H groups in total. The molecule has 1 aliphatic carbocycles. The van der Waals surface area contributed by atoms with Gasteiger partial charge in [0.2, 0.25) is 23.7 Å². The molecule has 176 valence electrons. The zero-order valence-electron chi connectivity index (χ0n) is 19.0. The molecule has 0 unspecified atom stereocenters. The molecule has 2 aromatic heterocycles. The molecule has 2 aliphatic rings. The van der Waals surface area contributed by atoms with Crippen LogP contribution >= 0.6 is 0 Å². The number of aromatic nitrogens is 2. The number of carbonyl (C=O) groups excluding carboxylic acids is 2. The molecule has 0 radical (unpaired) electrons. The standard InChI is InChI=1S/C26H27FN4O3/c1-16-15-34-22(28-16)14-23(32)31-13-5-8-21(31)26(33)30-24(18-6-3-2-4-7-18)20-12-11-19(17-9-10-17)25(27)29-20/h2-4,6-7,11-12,15,17,21,24H,5,8-10,13-14H2,1H3,(H,30,33)/t21-,24-/m0/s1. The minimum atomic E-state index is -0.622. The second-order valence-electron chi connectivity index (χ2n) is 9.05. The fraction of sp³-hybridized carbons (Fsp3) is 0.385. The third-order valence-corrected chi connectivity index (χ3v) is 6.48. The lowest BCUT2D eigenvalue weighted by Crippen LogP contribution is -2.47. The van der Waals surface area contributed by atoms with Gasteiger partial charge in [0.1, 0.15) is 18.7 Å². The Morgan fingerprint density at radius 3 is 2.62 bits per heavy atom. The number of hydrogen-bond acceptors (Lipinski definition) is 5. The van der Waals surface area contributed by atoms with E-state index in [0.29, 0.717) is 35.8 Å². The van der Waals surface area contributed by atoms with Crippen LogP contribution in [0.4, 0.5) is 4.39 Å². The molecule has 7 nitrogen and oxygen atoms in total. The van der Waals surface area contributed by atoms with E-state index in [9.17, 15) is 14.0 Å². The van der Waals surface area contributed by atoms with Crippen molar-refractivity contribution in [2.45, 2.75) is 57.0 Å². The summed E-state index contributed by atoms with van der Waals surface area (Å²) in [6.45, 7) is 2.29. The minimum Gasteiger partial charge on any atom is -0.448 e. The van der Waals surface area contributed by atoms with Crippen molar-refractivity contribution < 1.29 is 18.4 Å². The summed E-state index contributed by atoms with van der Waals surface area (Å²) in [5.74, 6) is -0.373. The molecule has 1 aromatic carbocycles. The van der Waals surface area contributed by atoms with E-state index in [0.717, 1.165) is 24.8 Å². The molecule has 3 heterocycles. The summed E-state index contributed by atoms with van der Waals surface area (Å²) in [5.41, 5.74) is 2.58. The first-order valence-electron chi connectivity index (χ1n) is 11.7. The third kappa shape index (κ3) is 4.71. The monoisotopic (exact) mass is 462 g/mol. The molecule has 3 aromatic rings. The molecule has 2 atom stereocenters. The number of likely N-dealkylation sites (tertiary alicyclic amines) is 1. The van der Waals surface area contributed by atoms with Crippen LogP contribution in [0.5, 0.6) is 0 Å². The van der Waals surface area contributed by atoms with Crippen LogP contribution in [0.3, 0.4) is 0 Å². The number of nitrogens with one attached hydrogen (secondary N) is 1. The van der Waals surface area contributed by atoms with Gasteiger partial charge >= 0.3 is 0 Å². The van der Waals surface area contributed by atoms with E-state index >= 15 is 0 Å². The zero-order chi connectivity index (χ0) is 23.7. The predicted octanol–water partition coefficient (Wildman–Crippen LogP) is 3.83. The van der Waals surface area contributed by atoms with Crippen LogP contribution in [0, 0.1) is 12.9 Å². The highest BCUT2D eigenvalue weighted by molar-refractivity contribution is 5.89. The molecule has 5 rings (SSSR count). The Morgan fingerprint density at radius 1 is 1.15 bits per heavy atom. The Hall–Kier alpha value is -3.55. The zero-order valence-corrected chi connectivity index (χ0v) is 19.0. The molecule has 8 heteroatoms. The van der Waals surface area contributed by atoms with Gasteiger partial charge in [-0.2, -0.15) is 4.39 Å². The van der Waals surface area contributed by atoms with Gasteiger partial charge in [0.25, 0.3) is 0 Å². The van der Waals surface area contributed by atoms with Crippen LogP contribution in [-0.4, -0.2) is 39.3 Å². The summed E-state index contributed by atoms with van der Waals surface area (Å²) < 4.78 is 20.0. The molecular formula is C26H27FN4O3. The summed E-state index contributed by atoms with van der Waals surface area (Å²) >= 11 is 0. The van der Waals surface area contributed by atoms with Crippen molar-refractivity contribution in [2.24, 2.45) is 0 Å². The summed E-state index contributed by atoms with van der Waals surface area (Å²) in [6, 6.07) is 11.7. The van der Waals surface area contributed by atoms with Crippen molar-refractivity contribution in [3.8, 4) is 0 Å². The number of nitrogens with zero attached hydrogens (tertiary/aromatic N) is 3. The molecule has 1 saturated heterocycles. The maximum atomic E-state index is 14.7. The highest BCUT2D eigenvalue weighted by atomic mass is 19.1. The summed E-state index contributed by atoms with van der Waals surface area (Å²) in [7, 11) is 0. The van der Waals surface area contributed by atoms with Gasteiger partial charge in [-0.25, -0.2) is 9.97 Å². The number of benzene rings is 1. The van der Waals surface area contributed by atoms with Crippen molar-refractivity contribution in [1.29, 1.82) is 0 Å². The van der Waals surface area contributed by atoms with E-state index in [-0.39, 0.29) is 24.2 Å². The predicted molar refractivity (Wildman–Crippen MR) is 122 cm³/mol. The molecular weight excluding hydrogens is 435 g/mol. The first-order valence-corrected chi connectivity index (χ1v) is 11.7. The molecule has 0 bridgehead atoms. The van der Waals surface area contributed by atoms with Crippen LogP contribution < -0.4 is 5.32 Å². The topological polar surface area (TPSA) is 88.3 Å². The van der Waals surface area contributed by atoms with Gasteiger partial charge in [-0.1, -0.05) is 36.4 Å². The molecule has 1 aliphatic heterocycles. The van der Waals surface area contributed by atoms with Crippen molar-refractivity contribution in [1.82, 2.24) is 20.2 Å². The Morgan fingerprint density at radius 2 is 1.94 bits per heavy atom. The number of amides is 2. The van der Waals surface area contributed by atoms with E-state index in [2.05, 4.69) is 15.3 Å². The number of rotatable bonds is 7. The van der Waals surface area contributed by atoms with Crippen LogP contribution in [0.15, 0.2) is 53.1 Å². The third-order valence-electron chi connectivity index (χ3n) is 6.48. The molecule has 34 heavy (non-hydrogen) atoms. The second kappa shape index (κ2) is 9.37. The van der Waals surface area contributed by atoms with Crippen molar-refractivity contribution >= 4 is 11.8 Å². The average Bonchev–Trinajstić information content (AvgIpc) is 3.40. The Bertz CT molecular complexity index is 1190. The Labute approximate surface area is 197 Å². The molecule has 0 spiro atoms. The average molecular weight is 463 g/mol. The van der Waals surface area contributed by atoms with E-state index in [1.807, 2.05) is 30.3 Å². The minimum absolute atomic E-state index is 0.00906. The first kappa shape index (κ1) is 22.3. The van der Waals surface area contributed by atoms with Crippen molar-refractivity contribution in [2.75, 3.05) is 6.54 Å². The molecule has 2 amide bonds. The van der Waals surface area contributed by atoms with Crippen molar-refractivity contribution in [3.05, 3.63) is 83.1 Å². The quantitative estimate of drug-likeness (QED) is 0.539. The highest BCUT2D eigenvalue weighted by Crippen LogP contribution is 2.41. The summed E-state index contributed by atoms with van der Waals surface area (Å²) in [4.78, 5) is 36.3.